The molecule has 2 aliphatic rings. The highest BCUT2D eigenvalue weighted by molar-refractivity contribution is 5.69. The molecular weight excluding hydrogens is 616 g/mol. The van der Waals surface area contributed by atoms with Crippen LogP contribution < -0.4 is 0 Å². The van der Waals surface area contributed by atoms with Crippen molar-refractivity contribution in [2.24, 2.45) is 11.8 Å². The summed E-state index contributed by atoms with van der Waals surface area (Å²) in [4.78, 5) is 28.5. The Hall–Kier alpha value is -3.10. The molecule has 8 heteroatoms. The summed E-state index contributed by atoms with van der Waals surface area (Å²) in [5.41, 5.74) is 1.61. The Morgan fingerprint density at radius 2 is 1.00 bits per heavy atom. The Morgan fingerprint density at radius 1 is 0.673 bits per heavy atom. The lowest BCUT2D eigenvalue weighted by molar-refractivity contribution is -0.0255. The smallest absolute Gasteiger partial charge is 0.410 e. The molecule has 0 radical (unpaired) electrons. The Morgan fingerprint density at radius 3 is 1.29 bits per heavy atom. The van der Waals surface area contributed by atoms with Crippen molar-refractivity contribution in [1.29, 1.82) is 0 Å². The molecule has 2 heterocycles. The first-order valence-electron chi connectivity index (χ1n) is 18.0. The summed E-state index contributed by atoms with van der Waals surface area (Å²) in [7, 11) is 0. The van der Waals surface area contributed by atoms with E-state index in [2.05, 4.69) is 48.5 Å². The summed E-state index contributed by atoms with van der Waals surface area (Å²) in [6.45, 7) is 16.4. The number of ether oxygens (including phenoxy) is 2. The lowest BCUT2D eigenvalue weighted by Gasteiger charge is -2.42. The molecular formula is C41H66N2O6. The molecule has 8 nitrogen and oxygen atoms in total. The van der Waals surface area contributed by atoms with Crippen molar-refractivity contribution in [2.45, 2.75) is 150 Å². The minimum absolute atomic E-state index is 0. The second kappa shape index (κ2) is 19.3. The van der Waals surface area contributed by atoms with Crippen LogP contribution in [-0.2, 0) is 22.3 Å². The van der Waals surface area contributed by atoms with Crippen LogP contribution in [0.4, 0.5) is 9.59 Å². The monoisotopic (exact) mass is 682 g/mol. The maximum atomic E-state index is 12.5. The summed E-state index contributed by atoms with van der Waals surface area (Å²) in [5, 5.41) is 20.9. The summed E-state index contributed by atoms with van der Waals surface area (Å²) < 4.78 is 11.1. The predicted molar refractivity (Wildman–Crippen MR) is 199 cm³/mol. The molecule has 0 saturated carbocycles. The van der Waals surface area contributed by atoms with Gasteiger partial charge in [-0.15, -0.1) is 0 Å². The quantitative estimate of drug-likeness (QED) is 0.289. The largest absolute Gasteiger partial charge is 0.444 e. The standard InChI is InChI=1S/2C20H31NO3.CH4/c2*1-5-18(22)17-14-16(13-15-9-7-6-8-10-15)11-12-21(17)19(23)24-20(2,3)4;/h2*6-10,16-18,22H,5,11-14H2,1-4H3;1H4/t16-,17-,18+;16-,17-,18-;/m11./s1. The number of nitrogens with zero attached hydrogens (tertiary/aromatic N) is 2. The number of rotatable bonds is 8. The number of carbonyl (C=O) groups is 2. The molecule has 4 rings (SSSR count). The van der Waals surface area contributed by atoms with Gasteiger partial charge in [-0.2, -0.15) is 0 Å². The van der Waals surface area contributed by atoms with Gasteiger partial charge in [0.25, 0.3) is 0 Å². The highest BCUT2D eigenvalue weighted by Gasteiger charge is 2.38. The van der Waals surface area contributed by atoms with Gasteiger partial charge in [-0.3, -0.25) is 0 Å². The SMILES string of the molecule is C.CC[C@@H](O)[C@H]1C[C@@H](Cc2ccccc2)CCN1C(=O)OC(C)(C)C.CC[C@H](O)[C@H]1C[C@@H](Cc2ccccc2)CCN1C(=O)OC(C)(C)C. The van der Waals surface area contributed by atoms with Crippen molar-refractivity contribution in [2.75, 3.05) is 13.1 Å². The minimum Gasteiger partial charge on any atom is -0.444 e. The fourth-order valence-corrected chi connectivity index (χ4v) is 6.78. The van der Waals surface area contributed by atoms with Crippen molar-refractivity contribution in [1.82, 2.24) is 9.80 Å². The van der Waals surface area contributed by atoms with Crippen molar-refractivity contribution in [3.63, 3.8) is 0 Å². The van der Waals surface area contributed by atoms with Crippen LogP contribution in [0.15, 0.2) is 60.7 Å². The summed E-state index contributed by atoms with van der Waals surface area (Å²) in [6.07, 6.45) is 5.19. The zero-order chi connectivity index (χ0) is 35.5. The number of benzene rings is 2. The van der Waals surface area contributed by atoms with E-state index < -0.39 is 23.4 Å². The van der Waals surface area contributed by atoms with Gasteiger partial charge in [-0.1, -0.05) is 81.9 Å². The summed E-state index contributed by atoms with van der Waals surface area (Å²) >= 11 is 0. The first-order chi connectivity index (χ1) is 22.6. The first kappa shape index (κ1) is 42.1. The summed E-state index contributed by atoms with van der Waals surface area (Å²) in [6, 6.07) is 20.5. The van der Waals surface area contributed by atoms with E-state index in [4.69, 9.17) is 9.47 Å². The number of piperidine rings is 2. The van der Waals surface area contributed by atoms with Crippen LogP contribution in [-0.4, -0.2) is 80.8 Å². The Balaban J connectivity index is 0.000000333. The van der Waals surface area contributed by atoms with Crippen LogP contribution in [0.5, 0.6) is 0 Å². The molecule has 2 aliphatic heterocycles. The fraction of sp³-hybridized carbons (Fsp3) is 0.659. The van der Waals surface area contributed by atoms with Gasteiger partial charge in [0.15, 0.2) is 0 Å². The Labute approximate surface area is 297 Å². The van der Waals surface area contributed by atoms with E-state index in [1.807, 2.05) is 67.5 Å². The second-order valence-corrected chi connectivity index (χ2v) is 15.6. The van der Waals surface area contributed by atoms with E-state index in [0.717, 1.165) is 38.5 Å². The Bertz CT molecular complexity index is 1140. The number of aliphatic hydroxyl groups excluding tert-OH is 2. The Kier molecular flexibility index (Phi) is 16.6. The van der Waals surface area contributed by atoms with Gasteiger partial charge in [-0.25, -0.2) is 9.59 Å². The van der Waals surface area contributed by atoms with Crippen molar-refractivity contribution in [3.8, 4) is 0 Å². The maximum Gasteiger partial charge on any atom is 0.410 e. The van der Waals surface area contributed by atoms with E-state index in [1.165, 1.54) is 11.1 Å². The highest BCUT2D eigenvalue weighted by Crippen LogP contribution is 2.31. The first-order valence-corrected chi connectivity index (χ1v) is 18.0. The molecule has 2 amide bonds. The van der Waals surface area contributed by atoms with Crippen LogP contribution in [0.1, 0.15) is 112 Å². The van der Waals surface area contributed by atoms with Crippen LogP contribution in [0.2, 0.25) is 0 Å². The van der Waals surface area contributed by atoms with Gasteiger partial charge >= 0.3 is 12.2 Å². The van der Waals surface area contributed by atoms with Crippen LogP contribution in [0, 0.1) is 11.8 Å². The molecule has 2 saturated heterocycles. The average Bonchev–Trinajstić information content (AvgIpc) is 3.03. The van der Waals surface area contributed by atoms with E-state index in [1.54, 1.807) is 9.80 Å². The van der Waals surface area contributed by atoms with Gasteiger partial charge in [0, 0.05) is 13.1 Å². The lowest BCUT2D eigenvalue weighted by atomic mass is 9.84. The second-order valence-electron chi connectivity index (χ2n) is 15.6. The molecule has 0 aromatic heterocycles. The number of hydrogen-bond acceptors (Lipinski definition) is 6. The molecule has 2 aromatic carbocycles. The molecule has 0 unspecified atom stereocenters. The van der Waals surface area contributed by atoms with Gasteiger partial charge in [-0.05, 0) is 116 Å². The molecule has 2 aromatic rings. The zero-order valence-electron chi connectivity index (χ0n) is 30.7. The molecule has 0 bridgehead atoms. The molecule has 2 fully saturated rings. The van der Waals surface area contributed by atoms with Crippen molar-refractivity contribution < 1.29 is 29.3 Å². The average molecular weight is 683 g/mol. The van der Waals surface area contributed by atoms with Crippen molar-refractivity contribution >= 4 is 12.2 Å². The fourth-order valence-electron chi connectivity index (χ4n) is 6.78. The molecule has 0 spiro atoms. The third-order valence-electron chi connectivity index (χ3n) is 9.22. The topological polar surface area (TPSA) is 99.5 Å². The number of hydrogen-bond donors (Lipinski definition) is 2. The predicted octanol–water partition coefficient (Wildman–Crippen LogP) is 8.67. The number of likely N-dealkylation sites (tertiary alicyclic amines) is 2. The van der Waals surface area contributed by atoms with E-state index >= 15 is 0 Å². The molecule has 6 atom stereocenters. The third kappa shape index (κ3) is 14.0. The van der Waals surface area contributed by atoms with E-state index in [0.29, 0.717) is 37.8 Å². The molecule has 49 heavy (non-hydrogen) atoms. The van der Waals surface area contributed by atoms with Gasteiger partial charge in [0.2, 0.25) is 0 Å². The van der Waals surface area contributed by atoms with Crippen molar-refractivity contribution in [3.05, 3.63) is 71.8 Å². The number of carbonyl (C=O) groups excluding carboxylic acids is 2. The highest BCUT2D eigenvalue weighted by atomic mass is 16.6. The maximum absolute atomic E-state index is 12.5. The van der Waals surface area contributed by atoms with Gasteiger partial charge in [0.1, 0.15) is 11.2 Å². The molecule has 276 valence electrons. The van der Waals surface area contributed by atoms with Crippen LogP contribution in [0.3, 0.4) is 0 Å². The van der Waals surface area contributed by atoms with Gasteiger partial charge < -0.3 is 29.5 Å². The lowest BCUT2D eigenvalue weighted by Crippen LogP contribution is -2.53. The van der Waals surface area contributed by atoms with E-state index in [9.17, 15) is 19.8 Å². The number of amides is 2. The van der Waals surface area contributed by atoms with Crippen LogP contribution >= 0.6 is 0 Å². The molecule has 0 aliphatic carbocycles. The summed E-state index contributed by atoms with van der Waals surface area (Å²) in [5.74, 6) is 0.967. The number of aliphatic hydroxyl groups is 2. The van der Waals surface area contributed by atoms with Crippen LogP contribution in [0.25, 0.3) is 0 Å². The zero-order valence-corrected chi connectivity index (χ0v) is 30.7. The van der Waals surface area contributed by atoms with E-state index in [-0.39, 0.29) is 31.7 Å². The molecule has 2 N–H and O–H groups in total. The third-order valence-corrected chi connectivity index (χ3v) is 9.22. The van der Waals surface area contributed by atoms with Gasteiger partial charge in [0.05, 0.1) is 24.3 Å². The minimum atomic E-state index is -0.514. The normalized spacial score (nSPS) is 22.5.